The summed E-state index contributed by atoms with van der Waals surface area (Å²) in [7, 11) is 0. The van der Waals surface area contributed by atoms with Crippen molar-refractivity contribution >= 4 is 47.2 Å². The van der Waals surface area contributed by atoms with Crippen LogP contribution in [0.15, 0.2) is 30.5 Å². The van der Waals surface area contributed by atoms with Crippen molar-refractivity contribution in [3.8, 4) is 0 Å². The van der Waals surface area contributed by atoms with E-state index in [9.17, 15) is 19.2 Å². The molecule has 34 heavy (non-hydrogen) atoms. The number of rotatable bonds is 12. The van der Waals surface area contributed by atoms with Gasteiger partial charge in [0.05, 0.1) is 6.04 Å². The Balaban J connectivity index is 2.20. The van der Waals surface area contributed by atoms with Crippen molar-refractivity contribution in [3.05, 3.63) is 36.0 Å². The first-order chi connectivity index (χ1) is 16.0. The summed E-state index contributed by atoms with van der Waals surface area (Å²) in [5.41, 5.74) is 7.54. The highest BCUT2D eigenvalue weighted by molar-refractivity contribution is 7.80. The first-order valence-electron chi connectivity index (χ1n) is 11.1. The van der Waals surface area contributed by atoms with E-state index in [0.29, 0.717) is 6.42 Å². The van der Waals surface area contributed by atoms with Gasteiger partial charge in [-0.2, -0.15) is 12.6 Å². The molecular weight excluding hydrogens is 458 g/mol. The number of carboxylic acid groups (broad SMARTS) is 1. The summed E-state index contributed by atoms with van der Waals surface area (Å²) in [6, 6.07) is 3.44. The Morgan fingerprint density at radius 3 is 2.24 bits per heavy atom. The van der Waals surface area contributed by atoms with Gasteiger partial charge in [-0.15, -0.1) is 0 Å². The fraction of sp³-hybridized carbons (Fsp3) is 0.478. The van der Waals surface area contributed by atoms with Gasteiger partial charge in [0.15, 0.2) is 0 Å². The molecule has 11 heteroatoms. The van der Waals surface area contributed by atoms with Gasteiger partial charge in [0.25, 0.3) is 0 Å². The maximum absolute atomic E-state index is 13.0. The van der Waals surface area contributed by atoms with Gasteiger partial charge < -0.3 is 31.8 Å². The van der Waals surface area contributed by atoms with Gasteiger partial charge in [0.2, 0.25) is 17.7 Å². The number of hydrogen-bond acceptors (Lipinski definition) is 6. The number of aromatic amines is 1. The van der Waals surface area contributed by atoms with Crippen molar-refractivity contribution in [1.82, 2.24) is 20.9 Å². The molecule has 0 aliphatic heterocycles. The van der Waals surface area contributed by atoms with E-state index >= 15 is 0 Å². The van der Waals surface area contributed by atoms with Crippen LogP contribution in [0.2, 0.25) is 0 Å². The Morgan fingerprint density at radius 1 is 1.00 bits per heavy atom. The number of aromatic nitrogens is 1. The molecule has 10 nitrogen and oxygen atoms in total. The van der Waals surface area contributed by atoms with Crippen molar-refractivity contribution in [2.75, 3.05) is 5.75 Å². The van der Waals surface area contributed by atoms with Crippen LogP contribution in [0.1, 0.15) is 32.8 Å². The van der Waals surface area contributed by atoms with E-state index in [4.69, 9.17) is 10.8 Å². The molecule has 1 heterocycles. The molecule has 2 aromatic rings. The number of nitrogens with one attached hydrogen (secondary N) is 4. The zero-order chi connectivity index (χ0) is 25.4. The smallest absolute Gasteiger partial charge is 0.325 e. The fourth-order valence-electron chi connectivity index (χ4n) is 3.47. The summed E-state index contributed by atoms with van der Waals surface area (Å²) in [6.07, 6.45) is 2.29. The van der Waals surface area contributed by atoms with Gasteiger partial charge in [0, 0.05) is 29.3 Å². The van der Waals surface area contributed by atoms with Crippen LogP contribution < -0.4 is 21.7 Å². The molecular formula is C23H33N5O5S. The van der Waals surface area contributed by atoms with Crippen LogP contribution in [0.3, 0.4) is 0 Å². The third kappa shape index (κ3) is 7.49. The molecule has 0 saturated heterocycles. The normalized spacial score (nSPS) is 14.8. The molecule has 0 radical (unpaired) electrons. The van der Waals surface area contributed by atoms with Crippen LogP contribution in [0.4, 0.5) is 0 Å². The van der Waals surface area contributed by atoms with E-state index in [1.807, 2.05) is 38.1 Å². The molecule has 0 spiro atoms. The van der Waals surface area contributed by atoms with Crippen molar-refractivity contribution in [2.24, 2.45) is 11.7 Å². The molecule has 7 N–H and O–H groups in total. The third-order valence-electron chi connectivity index (χ3n) is 5.34. The highest BCUT2D eigenvalue weighted by Crippen LogP contribution is 2.19. The summed E-state index contributed by atoms with van der Waals surface area (Å²) >= 11 is 4.16. The predicted octanol–water partition coefficient (Wildman–Crippen LogP) is 0.573. The third-order valence-corrected chi connectivity index (χ3v) is 5.70. The summed E-state index contributed by atoms with van der Waals surface area (Å²) in [4.78, 5) is 52.6. The van der Waals surface area contributed by atoms with Gasteiger partial charge in [-0.05, 0) is 30.9 Å². The number of carbonyl (C=O) groups excluding carboxylic acids is 3. The molecule has 4 atom stereocenters. The van der Waals surface area contributed by atoms with Gasteiger partial charge in [-0.3, -0.25) is 19.2 Å². The number of benzene rings is 1. The van der Waals surface area contributed by atoms with E-state index in [1.165, 1.54) is 6.92 Å². The molecule has 4 unspecified atom stereocenters. The Kier molecular flexibility index (Phi) is 9.94. The van der Waals surface area contributed by atoms with Crippen molar-refractivity contribution in [1.29, 1.82) is 0 Å². The molecule has 0 aliphatic rings. The summed E-state index contributed by atoms with van der Waals surface area (Å²) in [6.45, 7) is 5.20. The lowest BCUT2D eigenvalue weighted by Crippen LogP contribution is -2.58. The molecule has 1 aromatic heterocycles. The maximum Gasteiger partial charge on any atom is 0.325 e. The second-order valence-corrected chi connectivity index (χ2v) is 9.04. The number of H-pyrrole nitrogens is 1. The number of hydrogen-bond donors (Lipinski definition) is 7. The van der Waals surface area contributed by atoms with Crippen LogP contribution in [0.25, 0.3) is 10.9 Å². The summed E-state index contributed by atoms with van der Waals surface area (Å²) in [5.74, 6) is -2.79. The minimum Gasteiger partial charge on any atom is -0.480 e. The van der Waals surface area contributed by atoms with Crippen LogP contribution in [0, 0.1) is 5.92 Å². The van der Waals surface area contributed by atoms with E-state index < -0.39 is 47.9 Å². The van der Waals surface area contributed by atoms with Crippen LogP contribution in [-0.4, -0.2) is 63.7 Å². The molecule has 1 aromatic carbocycles. The molecule has 0 aliphatic carbocycles. The number of thiol groups is 1. The Hall–Kier alpha value is -3.05. The van der Waals surface area contributed by atoms with Gasteiger partial charge in [-0.25, -0.2) is 0 Å². The topological polar surface area (TPSA) is 166 Å². The number of amides is 3. The Labute approximate surface area is 203 Å². The van der Waals surface area contributed by atoms with Gasteiger partial charge in [-0.1, -0.05) is 32.0 Å². The molecule has 186 valence electrons. The highest BCUT2D eigenvalue weighted by Gasteiger charge is 2.29. The van der Waals surface area contributed by atoms with E-state index in [1.54, 1.807) is 6.20 Å². The maximum atomic E-state index is 13.0. The molecule has 2 rings (SSSR count). The first kappa shape index (κ1) is 27.2. The summed E-state index contributed by atoms with van der Waals surface area (Å²) < 4.78 is 0. The molecule has 0 bridgehead atoms. The number of nitrogens with two attached hydrogens (primary N) is 1. The van der Waals surface area contributed by atoms with Crippen LogP contribution >= 0.6 is 12.6 Å². The highest BCUT2D eigenvalue weighted by atomic mass is 32.1. The van der Waals surface area contributed by atoms with E-state index in [2.05, 4.69) is 33.6 Å². The number of aliphatic carboxylic acids is 1. The average Bonchev–Trinajstić information content (AvgIpc) is 3.18. The lowest BCUT2D eigenvalue weighted by molar-refractivity contribution is -0.141. The monoisotopic (exact) mass is 491 g/mol. The van der Waals surface area contributed by atoms with Crippen molar-refractivity contribution in [3.63, 3.8) is 0 Å². The molecule has 0 fully saturated rings. The van der Waals surface area contributed by atoms with Crippen LogP contribution in [-0.2, 0) is 25.6 Å². The summed E-state index contributed by atoms with van der Waals surface area (Å²) in [5, 5.41) is 17.6. The second-order valence-electron chi connectivity index (χ2n) is 8.67. The minimum atomic E-state index is -1.20. The number of carboxylic acids is 1. The average molecular weight is 492 g/mol. The first-order valence-corrected chi connectivity index (χ1v) is 11.7. The number of fused-ring (bicyclic) bond motifs is 1. The van der Waals surface area contributed by atoms with E-state index in [0.717, 1.165) is 16.5 Å². The zero-order valence-electron chi connectivity index (χ0n) is 19.5. The molecule has 3 amide bonds. The van der Waals surface area contributed by atoms with Gasteiger partial charge in [0.1, 0.15) is 18.1 Å². The predicted molar refractivity (Wildman–Crippen MR) is 132 cm³/mol. The SMILES string of the molecule is CC(C)CC(N)C(=O)NC(CS)C(=O)NC(Cc1c[nH]c2ccccc12)C(=O)NC(C)C(=O)O. The zero-order valence-corrected chi connectivity index (χ0v) is 20.4. The second kappa shape index (κ2) is 12.4. The fourth-order valence-corrected chi connectivity index (χ4v) is 3.72. The largest absolute Gasteiger partial charge is 0.480 e. The number of para-hydroxylation sites is 1. The Morgan fingerprint density at radius 2 is 1.62 bits per heavy atom. The van der Waals surface area contributed by atoms with Gasteiger partial charge >= 0.3 is 5.97 Å². The lowest BCUT2D eigenvalue weighted by atomic mass is 10.0. The van der Waals surface area contributed by atoms with Crippen LogP contribution in [0.5, 0.6) is 0 Å². The lowest BCUT2D eigenvalue weighted by Gasteiger charge is -2.24. The minimum absolute atomic E-state index is 0.0150. The quantitative estimate of drug-likeness (QED) is 0.214. The molecule has 0 saturated carbocycles. The van der Waals surface area contributed by atoms with E-state index in [-0.39, 0.29) is 18.1 Å². The van der Waals surface area contributed by atoms with Crippen molar-refractivity contribution < 1.29 is 24.3 Å². The number of carbonyl (C=O) groups is 4. The van der Waals surface area contributed by atoms with Crippen molar-refractivity contribution in [2.45, 2.75) is 57.8 Å². The Bertz CT molecular complexity index is 1020. The standard InChI is InChI=1S/C23H33N5O5S/c1-12(2)8-16(24)20(29)28-19(11-34)22(31)27-18(21(30)26-13(3)23(32)33)9-14-10-25-17-7-5-4-6-15(14)17/h4-7,10,12-13,16,18-19,25,34H,8-9,11,24H2,1-3H3,(H,26,30)(H,27,31)(H,28,29)(H,32,33).